The Kier molecular flexibility index (Phi) is 7.16. The number of halogens is 2. The topological polar surface area (TPSA) is 0 Å². The van der Waals surface area contributed by atoms with Crippen LogP contribution in [0.15, 0.2) is 30.3 Å². The molecule has 0 amide bonds. The second-order valence-corrected chi connectivity index (χ2v) is 10.2. The first kappa shape index (κ1) is 21.2. The molecule has 0 bridgehead atoms. The third kappa shape index (κ3) is 5.16. The van der Waals surface area contributed by atoms with Crippen LogP contribution in [0.4, 0.5) is 4.39 Å². The van der Waals surface area contributed by atoms with Crippen molar-refractivity contribution in [3.05, 3.63) is 46.7 Å². The van der Waals surface area contributed by atoms with Gasteiger partial charge in [-0.2, -0.15) is 0 Å². The van der Waals surface area contributed by atoms with Crippen molar-refractivity contribution < 1.29 is 4.39 Å². The van der Waals surface area contributed by atoms with Gasteiger partial charge in [-0.15, -0.1) is 0 Å². The van der Waals surface area contributed by atoms with Gasteiger partial charge in [0.15, 0.2) is 0 Å². The monoisotopic (exact) mass is 414 g/mol. The van der Waals surface area contributed by atoms with Gasteiger partial charge in [0, 0.05) is 10.4 Å². The van der Waals surface area contributed by atoms with Crippen LogP contribution in [0.5, 0.6) is 0 Å². The Morgan fingerprint density at radius 1 is 0.897 bits per heavy atom. The van der Waals surface area contributed by atoms with E-state index in [0.717, 1.165) is 23.1 Å². The molecule has 158 valence electrons. The first-order chi connectivity index (χ1) is 14.1. The van der Waals surface area contributed by atoms with Gasteiger partial charge in [-0.3, -0.25) is 0 Å². The van der Waals surface area contributed by atoms with Gasteiger partial charge < -0.3 is 0 Å². The summed E-state index contributed by atoms with van der Waals surface area (Å²) in [6.07, 6.45) is 16.6. The molecule has 0 N–H and O–H groups in total. The summed E-state index contributed by atoms with van der Waals surface area (Å²) in [5.74, 6) is 3.15. The molecular formula is C27H36ClF. The molecular weight excluding hydrogens is 379 g/mol. The minimum Gasteiger partial charge on any atom is -0.206 e. The van der Waals surface area contributed by atoms with Crippen LogP contribution in [0.2, 0.25) is 5.02 Å². The van der Waals surface area contributed by atoms with Gasteiger partial charge in [-0.1, -0.05) is 75.6 Å². The summed E-state index contributed by atoms with van der Waals surface area (Å²) < 4.78 is 14.7. The molecule has 2 aromatic rings. The first-order valence-electron chi connectivity index (χ1n) is 12.0. The van der Waals surface area contributed by atoms with Gasteiger partial charge in [0.2, 0.25) is 0 Å². The van der Waals surface area contributed by atoms with Crippen molar-refractivity contribution in [2.75, 3.05) is 0 Å². The van der Waals surface area contributed by atoms with E-state index in [2.05, 4.69) is 13.0 Å². The van der Waals surface area contributed by atoms with Gasteiger partial charge in [0.25, 0.3) is 0 Å². The summed E-state index contributed by atoms with van der Waals surface area (Å²) in [4.78, 5) is 0. The Labute approximate surface area is 181 Å². The van der Waals surface area contributed by atoms with E-state index in [1.165, 1.54) is 82.6 Å². The van der Waals surface area contributed by atoms with Crippen LogP contribution in [-0.4, -0.2) is 0 Å². The maximum absolute atomic E-state index is 14.7. The fourth-order valence-corrected chi connectivity index (χ4v) is 6.30. The van der Waals surface area contributed by atoms with Gasteiger partial charge in [0.05, 0.1) is 0 Å². The van der Waals surface area contributed by atoms with Crippen LogP contribution in [0, 0.1) is 23.6 Å². The summed E-state index contributed by atoms with van der Waals surface area (Å²) in [5, 5.41) is 2.24. The SMILES string of the molecule is CCCCCCCC1CCC2CC(c3cc(F)c4cc(Cl)ccc4c3)CCC2C1. The highest BCUT2D eigenvalue weighted by Gasteiger charge is 2.36. The average molecular weight is 415 g/mol. The van der Waals surface area contributed by atoms with Crippen LogP contribution in [0.1, 0.15) is 95.5 Å². The molecule has 0 aromatic heterocycles. The molecule has 2 heteroatoms. The lowest BCUT2D eigenvalue weighted by Gasteiger charge is -2.42. The van der Waals surface area contributed by atoms with E-state index in [9.17, 15) is 4.39 Å². The Balaban J connectivity index is 1.34. The molecule has 0 heterocycles. The van der Waals surface area contributed by atoms with E-state index in [1.807, 2.05) is 12.1 Å². The number of hydrogen-bond acceptors (Lipinski definition) is 0. The van der Waals surface area contributed by atoms with Crippen molar-refractivity contribution in [1.29, 1.82) is 0 Å². The molecule has 2 aliphatic rings. The molecule has 4 atom stereocenters. The Morgan fingerprint density at radius 2 is 1.69 bits per heavy atom. The lowest BCUT2D eigenvalue weighted by atomic mass is 9.63. The minimum atomic E-state index is -0.117. The maximum atomic E-state index is 14.7. The highest BCUT2D eigenvalue weighted by molar-refractivity contribution is 6.31. The Bertz CT molecular complexity index is 814. The van der Waals surface area contributed by atoms with Gasteiger partial charge in [-0.25, -0.2) is 4.39 Å². The smallest absolute Gasteiger partial charge is 0.131 e. The fraction of sp³-hybridized carbons (Fsp3) is 0.630. The zero-order chi connectivity index (χ0) is 20.2. The van der Waals surface area contributed by atoms with Gasteiger partial charge in [0.1, 0.15) is 5.82 Å². The normalized spacial score (nSPS) is 27.1. The predicted octanol–water partition coefficient (Wildman–Crippen LogP) is 9.29. The van der Waals surface area contributed by atoms with Crippen LogP contribution in [0.3, 0.4) is 0 Å². The van der Waals surface area contributed by atoms with Gasteiger partial charge >= 0.3 is 0 Å². The Morgan fingerprint density at radius 3 is 2.55 bits per heavy atom. The standard InChI is InChI=1S/C27H36ClF/c1-2-3-4-5-6-7-19-8-9-21-15-22(11-10-20(21)14-19)24-16-23-12-13-25(28)18-26(23)27(29)17-24/h12-13,16-22H,2-11,14-15H2,1H3. The number of benzene rings is 2. The molecule has 2 saturated carbocycles. The zero-order valence-electron chi connectivity index (χ0n) is 17.9. The maximum Gasteiger partial charge on any atom is 0.131 e. The lowest BCUT2D eigenvalue weighted by molar-refractivity contribution is 0.113. The predicted molar refractivity (Wildman–Crippen MR) is 123 cm³/mol. The van der Waals surface area contributed by atoms with Crippen molar-refractivity contribution in [1.82, 2.24) is 0 Å². The molecule has 2 fully saturated rings. The summed E-state index contributed by atoms with van der Waals surface area (Å²) >= 11 is 6.05. The molecule has 0 nitrogen and oxygen atoms in total. The Hall–Kier alpha value is -1.08. The molecule has 0 saturated heterocycles. The number of unbranched alkanes of at least 4 members (excludes halogenated alkanes) is 4. The van der Waals surface area contributed by atoms with E-state index >= 15 is 0 Å². The summed E-state index contributed by atoms with van der Waals surface area (Å²) in [6.45, 7) is 2.29. The van der Waals surface area contributed by atoms with Gasteiger partial charge in [-0.05, 0) is 84.9 Å². The van der Waals surface area contributed by atoms with Crippen LogP contribution in [-0.2, 0) is 0 Å². The summed E-state index contributed by atoms with van der Waals surface area (Å²) in [7, 11) is 0. The van der Waals surface area contributed by atoms with Crippen molar-refractivity contribution in [3.8, 4) is 0 Å². The molecule has 2 aliphatic carbocycles. The van der Waals surface area contributed by atoms with E-state index in [0.29, 0.717) is 16.3 Å². The number of rotatable bonds is 7. The van der Waals surface area contributed by atoms with Crippen LogP contribution < -0.4 is 0 Å². The van der Waals surface area contributed by atoms with E-state index < -0.39 is 0 Å². The average Bonchev–Trinajstić information content (AvgIpc) is 2.73. The summed E-state index contributed by atoms with van der Waals surface area (Å²) in [5.41, 5.74) is 1.20. The molecule has 29 heavy (non-hydrogen) atoms. The second-order valence-electron chi connectivity index (χ2n) is 9.78. The number of hydrogen-bond donors (Lipinski definition) is 0. The molecule has 2 aromatic carbocycles. The van der Waals surface area contributed by atoms with E-state index in [-0.39, 0.29) is 5.82 Å². The van der Waals surface area contributed by atoms with E-state index in [1.54, 1.807) is 12.1 Å². The van der Waals surface area contributed by atoms with Crippen molar-refractivity contribution in [2.24, 2.45) is 17.8 Å². The zero-order valence-corrected chi connectivity index (χ0v) is 18.7. The highest BCUT2D eigenvalue weighted by Crippen LogP contribution is 2.48. The van der Waals surface area contributed by atoms with Crippen molar-refractivity contribution >= 4 is 22.4 Å². The second kappa shape index (κ2) is 9.82. The minimum absolute atomic E-state index is 0.117. The first-order valence-corrected chi connectivity index (χ1v) is 12.4. The van der Waals surface area contributed by atoms with E-state index in [4.69, 9.17) is 11.6 Å². The molecule has 0 aliphatic heterocycles. The molecule has 4 unspecified atom stereocenters. The van der Waals surface area contributed by atoms with Crippen molar-refractivity contribution in [3.63, 3.8) is 0 Å². The molecule has 4 rings (SSSR count). The largest absolute Gasteiger partial charge is 0.206 e. The lowest BCUT2D eigenvalue weighted by Crippen LogP contribution is -2.30. The third-order valence-electron chi connectivity index (χ3n) is 7.80. The van der Waals surface area contributed by atoms with Crippen LogP contribution >= 0.6 is 11.6 Å². The highest BCUT2D eigenvalue weighted by atomic mass is 35.5. The third-order valence-corrected chi connectivity index (χ3v) is 8.03. The number of fused-ring (bicyclic) bond motifs is 2. The molecule has 0 spiro atoms. The van der Waals surface area contributed by atoms with Crippen LogP contribution in [0.25, 0.3) is 10.8 Å². The fourth-order valence-electron chi connectivity index (χ4n) is 6.13. The summed E-state index contributed by atoms with van der Waals surface area (Å²) in [6, 6.07) is 9.57. The quantitative estimate of drug-likeness (QED) is 0.396. The molecule has 0 radical (unpaired) electrons. The van der Waals surface area contributed by atoms with Crippen molar-refractivity contribution in [2.45, 2.75) is 89.9 Å².